The molecule has 0 aromatic carbocycles. The first-order valence-corrected chi connectivity index (χ1v) is 9.71. The van der Waals surface area contributed by atoms with Gasteiger partial charge in [0.15, 0.2) is 5.78 Å². The molecular weight excluding hydrogens is 376 g/mol. The fourth-order valence-corrected chi connectivity index (χ4v) is 3.39. The highest BCUT2D eigenvalue weighted by Gasteiger charge is 2.17. The second kappa shape index (κ2) is 8.32. The van der Waals surface area contributed by atoms with E-state index in [1.165, 1.54) is 0 Å². The van der Waals surface area contributed by atoms with Gasteiger partial charge in [0.1, 0.15) is 6.54 Å². The minimum absolute atomic E-state index is 0.0452. The zero-order chi connectivity index (χ0) is 21.1. The van der Waals surface area contributed by atoms with Gasteiger partial charge in [0.05, 0.1) is 29.7 Å². The van der Waals surface area contributed by atoms with Crippen LogP contribution in [0.4, 0.5) is 0 Å². The van der Waals surface area contributed by atoms with Crippen molar-refractivity contribution in [2.75, 3.05) is 0 Å². The van der Waals surface area contributed by atoms with Crippen LogP contribution in [0.3, 0.4) is 0 Å². The highest BCUT2D eigenvalue weighted by Crippen LogP contribution is 2.25. The summed E-state index contributed by atoms with van der Waals surface area (Å²) in [5, 5.41) is 4.56. The average Bonchev–Trinajstić information content (AvgIpc) is 3.03. The number of pyridine rings is 2. The quantitative estimate of drug-likeness (QED) is 0.494. The molecule has 0 radical (unpaired) electrons. The number of Topliss-reactive ketones (excluding diaryl/α,β-unsaturated/α-hetero) is 1. The molecule has 150 valence electrons. The SMILES string of the molecule is Cc1ccc(-c2c(C)nn(CC(=O)Cc3ccc(-c4cnccn4)cn3)c2C)nc1. The van der Waals surface area contributed by atoms with Crippen molar-refractivity contribution in [1.29, 1.82) is 0 Å². The predicted molar refractivity (Wildman–Crippen MR) is 114 cm³/mol. The van der Waals surface area contributed by atoms with Crippen molar-refractivity contribution in [1.82, 2.24) is 29.7 Å². The minimum Gasteiger partial charge on any atom is -0.297 e. The number of hydrogen-bond donors (Lipinski definition) is 0. The number of nitrogens with zero attached hydrogens (tertiary/aromatic N) is 6. The molecule has 4 aromatic rings. The second-order valence-corrected chi connectivity index (χ2v) is 7.27. The van der Waals surface area contributed by atoms with Crippen LogP contribution in [0.15, 0.2) is 55.2 Å². The Hall–Kier alpha value is -3.74. The van der Waals surface area contributed by atoms with Crippen LogP contribution >= 0.6 is 0 Å². The molecule has 4 heterocycles. The molecule has 0 bridgehead atoms. The fourth-order valence-electron chi connectivity index (χ4n) is 3.39. The van der Waals surface area contributed by atoms with E-state index in [0.29, 0.717) is 0 Å². The molecule has 0 aliphatic carbocycles. The van der Waals surface area contributed by atoms with Gasteiger partial charge in [-0.15, -0.1) is 0 Å². The van der Waals surface area contributed by atoms with Gasteiger partial charge in [0.25, 0.3) is 0 Å². The van der Waals surface area contributed by atoms with Crippen molar-refractivity contribution in [3.8, 4) is 22.5 Å². The Balaban J connectivity index is 1.47. The lowest BCUT2D eigenvalue weighted by Gasteiger charge is -2.06. The van der Waals surface area contributed by atoms with E-state index in [2.05, 4.69) is 25.0 Å². The summed E-state index contributed by atoms with van der Waals surface area (Å²) in [6, 6.07) is 7.77. The number of aryl methyl sites for hydroxylation is 2. The first kappa shape index (κ1) is 19.6. The molecule has 4 rings (SSSR count). The van der Waals surface area contributed by atoms with Gasteiger partial charge in [-0.25, -0.2) is 0 Å². The van der Waals surface area contributed by atoms with Crippen LogP contribution in [0, 0.1) is 20.8 Å². The predicted octanol–water partition coefficient (Wildman–Crippen LogP) is 3.53. The highest BCUT2D eigenvalue weighted by molar-refractivity contribution is 5.80. The third kappa shape index (κ3) is 4.15. The summed E-state index contributed by atoms with van der Waals surface area (Å²) in [5.74, 6) is 0.0452. The topological polar surface area (TPSA) is 86.5 Å². The largest absolute Gasteiger partial charge is 0.297 e. The summed E-state index contributed by atoms with van der Waals surface area (Å²) in [4.78, 5) is 29.9. The van der Waals surface area contributed by atoms with Crippen LogP contribution < -0.4 is 0 Å². The van der Waals surface area contributed by atoms with Gasteiger partial charge in [-0.05, 0) is 44.5 Å². The lowest BCUT2D eigenvalue weighted by atomic mass is 10.1. The molecule has 0 atom stereocenters. The monoisotopic (exact) mass is 398 g/mol. The number of carbonyl (C=O) groups is 1. The van der Waals surface area contributed by atoms with Gasteiger partial charge in [0, 0.05) is 47.3 Å². The van der Waals surface area contributed by atoms with Crippen LogP contribution in [0.5, 0.6) is 0 Å². The van der Waals surface area contributed by atoms with Gasteiger partial charge in [-0.2, -0.15) is 5.10 Å². The van der Waals surface area contributed by atoms with E-state index in [-0.39, 0.29) is 18.7 Å². The van der Waals surface area contributed by atoms with Crippen molar-refractivity contribution < 1.29 is 4.79 Å². The molecule has 7 nitrogen and oxygen atoms in total. The summed E-state index contributed by atoms with van der Waals surface area (Å²) in [5.41, 5.74) is 7.09. The summed E-state index contributed by atoms with van der Waals surface area (Å²) in [7, 11) is 0. The number of ketones is 1. The van der Waals surface area contributed by atoms with E-state index >= 15 is 0 Å². The Labute approximate surface area is 174 Å². The molecule has 0 aliphatic rings. The van der Waals surface area contributed by atoms with E-state index in [0.717, 1.165) is 45.2 Å². The first-order valence-electron chi connectivity index (χ1n) is 9.71. The average molecular weight is 398 g/mol. The maximum absolute atomic E-state index is 12.7. The number of carbonyl (C=O) groups excluding carboxylic acids is 1. The van der Waals surface area contributed by atoms with Crippen LogP contribution in [0.2, 0.25) is 0 Å². The number of hydrogen-bond acceptors (Lipinski definition) is 6. The molecule has 0 amide bonds. The highest BCUT2D eigenvalue weighted by atomic mass is 16.1. The first-order chi connectivity index (χ1) is 14.5. The molecule has 0 saturated carbocycles. The fraction of sp³-hybridized carbons (Fsp3) is 0.217. The van der Waals surface area contributed by atoms with Crippen molar-refractivity contribution in [2.45, 2.75) is 33.7 Å². The maximum atomic E-state index is 12.7. The Morgan fingerprint density at radius 3 is 2.43 bits per heavy atom. The number of aromatic nitrogens is 6. The van der Waals surface area contributed by atoms with Gasteiger partial charge in [-0.3, -0.25) is 29.4 Å². The van der Waals surface area contributed by atoms with Gasteiger partial charge in [0.2, 0.25) is 0 Å². The Morgan fingerprint density at radius 1 is 0.900 bits per heavy atom. The van der Waals surface area contributed by atoms with Gasteiger partial charge < -0.3 is 0 Å². The van der Waals surface area contributed by atoms with E-state index < -0.39 is 0 Å². The van der Waals surface area contributed by atoms with Crippen LogP contribution in [-0.4, -0.2) is 35.5 Å². The zero-order valence-electron chi connectivity index (χ0n) is 17.2. The Morgan fingerprint density at radius 2 is 1.77 bits per heavy atom. The minimum atomic E-state index is 0.0452. The molecule has 0 aliphatic heterocycles. The number of rotatable bonds is 6. The van der Waals surface area contributed by atoms with E-state index in [1.807, 2.05) is 51.2 Å². The van der Waals surface area contributed by atoms with Crippen LogP contribution in [-0.2, 0) is 17.8 Å². The van der Waals surface area contributed by atoms with Crippen molar-refractivity contribution in [2.24, 2.45) is 0 Å². The molecule has 0 fully saturated rings. The Kier molecular flexibility index (Phi) is 5.43. The van der Waals surface area contributed by atoms with E-state index in [4.69, 9.17) is 0 Å². The second-order valence-electron chi connectivity index (χ2n) is 7.27. The van der Waals surface area contributed by atoms with Crippen LogP contribution in [0.1, 0.15) is 22.6 Å². The van der Waals surface area contributed by atoms with Crippen molar-refractivity contribution >= 4 is 5.78 Å². The van der Waals surface area contributed by atoms with E-state index in [1.54, 1.807) is 29.5 Å². The molecule has 0 spiro atoms. The third-order valence-electron chi connectivity index (χ3n) is 4.94. The molecule has 4 aromatic heterocycles. The lowest BCUT2D eigenvalue weighted by Crippen LogP contribution is -2.15. The summed E-state index contributed by atoms with van der Waals surface area (Å²) in [6.45, 7) is 6.12. The normalized spacial score (nSPS) is 10.9. The molecule has 7 heteroatoms. The van der Waals surface area contributed by atoms with Crippen LogP contribution in [0.25, 0.3) is 22.5 Å². The molecule has 0 N–H and O–H groups in total. The smallest absolute Gasteiger partial charge is 0.160 e. The van der Waals surface area contributed by atoms with Crippen molar-refractivity contribution in [3.05, 3.63) is 77.9 Å². The summed E-state index contributed by atoms with van der Waals surface area (Å²) >= 11 is 0. The van der Waals surface area contributed by atoms with Gasteiger partial charge >= 0.3 is 0 Å². The van der Waals surface area contributed by atoms with Gasteiger partial charge in [-0.1, -0.05) is 6.07 Å². The standard InChI is InChI=1S/C23H22N6O/c1-15-4-7-21(27-11-15)23-16(2)28-29(17(23)3)14-20(30)10-19-6-5-18(12-26-19)22-13-24-8-9-25-22/h4-9,11-13H,10,14H2,1-3H3. The maximum Gasteiger partial charge on any atom is 0.160 e. The van der Waals surface area contributed by atoms with Crippen molar-refractivity contribution in [3.63, 3.8) is 0 Å². The lowest BCUT2D eigenvalue weighted by molar-refractivity contribution is -0.119. The third-order valence-corrected chi connectivity index (χ3v) is 4.94. The summed E-state index contributed by atoms with van der Waals surface area (Å²) in [6.07, 6.45) is 8.76. The molecule has 0 saturated heterocycles. The molecule has 0 unspecified atom stereocenters. The zero-order valence-corrected chi connectivity index (χ0v) is 17.2. The molecular formula is C23H22N6O. The Bertz CT molecular complexity index is 1170. The van der Waals surface area contributed by atoms with E-state index in [9.17, 15) is 4.79 Å². The molecule has 30 heavy (non-hydrogen) atoms. The summed E-state index contributed by atoms with van der Waals surface area (Å²) < 4.78 is 1.75.